The molecule has 6 nitrogen and oxygen atoms in total. The molecule has 2 aromatic carbocycles. The first kappa shape index (κ1) is 21.3. The number of nitrogens with zero attached hydrogens (tertiary/aromatic N) is 1. The lowest BCUT2D eigenvalue weighted by molar-refractivity contribution is -0.146. The summed E-state index contributed by atoms with van der Waals surface area (Å²) in [7, 11) is 3.27. The summed E-state index contributed by atoms with van der Waals surface area (Å²) in [5.41, 5.74) is 1.79. The standard InChI is InChI=1S/C11H15NO2.C9H10O3/c1-12(2)11(14)10(13)8-9-6-4-3-5-7-9;10-8(9(11)12)6-7-4-2-1-3-5-7/h3-7,10,13H,8H2,1-2H3;1-5,8,10H,6H2,(H,11,12)/t10-;8-/m00/s1. The van der Waals surface area contributed by atoms with Crippen LogP contribution in [0.1, 0.15) is 11.1 Å². The summed E-state index contributed by atoms with van der Waals surface area (Å²) in [5, 5.41) is 26.9. The normalized spacial score (nSPS) is 12.3. The van der Waals surface area contributed by atoms with Crippen molar-refractivity contribution in [2.24, 2.45) is 0 Å². The SMILES string of the molecule is CN(C)C(=O)[C@@H](O)Cc1ccccc1.O=C(O)[C@@H](O)Cc1ccccc1. The highest BCUT2D eigenvalue weighted by molar-refractivity contribution is 5.80. The van der Waals surface area contributed by atoms with Crippen molar-refractivity contribution < 1.29 is 24.9 Å². The Hall–Kier alpha value is -2.70. The number of aliphatic hydroxyl groups excluding tert-OH is 2. The van der Waals surface area contributed by atoms with Gasteiger partial charge in [0.1, 0.15) is 6.10 Å². The lowest BCUT2D eigenvalue weighted by Gasteiger charge is -2.15. The summed E-state index contributed by atoms with van der Waals surface area (Å²) < 4.78 is 0. The van der Waals surface area contributed by atoms with Crippen LogP contribution < -0.4 is 0 Å². The summed E-state index contributed by atoms with van der Waals surface area (Å²) in [6.45, 7) is 0. The molecule has 1 amide bonds. The van der Waals surface area contributed by atoms with Crippen molar-refractivity contribution in [1.82, 2.24) is 4.90 Å². The second kappa shape index (κ2) is 11.0. The minimum Gasteiger partial charge on any atom is -0.479 e. The average molecular weight is 359 g/mol. The number of aliphatic carboxylic acids is 1. The fourth-order valence-corrected chi connectivity index (χ4v) is 2.15. The highest BCUT2D eigenvalue weighted by Crippen LogP contribution is 2.04. The minimum atomic E-state index is -1.30. The van der Waals surface area contributed by atoms with Gasteiger partial charge in [0.05, 0.1) is 0 Å². The molecule has 6 heteroatoms. The Kier molecular flexibility index (Phi) is 9.05. The number of likely N-dealkylation sites (N-methyl/N-ethyl adjacent to an activating group) is 1. The van der Waals surface area contributed by atoms with Crippen LogP contribution in [0.15, 0.2) is 60.7 Å². The molecule has 0 spiro atoms. The fraction of sp³-hybridized carbons (Fsp3) is 0.300. The van der Waals surface area contributed by atoms with Gasteiger partial charge in [-0.15, -0.1) is 0 Å². The van der Waals surface area contributed by atoms with Crippen molar-refractivity contribution in [3.8, 4) is 0 Å². The molecular weight excluding hydrogens is 334 g/mol. The number of aliphatic hydroxyl groups is 2. The maximum atomic E-state index is 11.3. The van der Waals surface area contributed by atoms with E-state index < -0.39 is 18.2 Å². The van der Waals surface area contributed by atoms with E-state index in [0.29, 0.717) is 6.42 Å². The van der Waals surface area contributed by atoms with Gasteiger partial charge in [-0.05, 0) is 11.1 Å². The minimum absolute atomic E-state index is 0.163. The molecule has 2 rings (SSSR count). The molecule has 0 aromatic heterocycles. The first-order valence-electron chi connectivity index (χ1n) is 8.19. The van der Waals surface area contributed by atoms with Gasteiger partial charge < -0.3 is 20.2 Å². The summed E-state index contributed by atoms with van der Waals surface area (Å²) in [6.07, 6.45) is -1.70. The van der Waals surface area contributed by atoms with Crippen LogP contribution in [0.25, 0.3) is 0 Å². The van der Waals surface area contributed by atoms with Gasteiger partial charge in [0.15, 0.2) is 6.10 Å². The third kappa shape index (κ3) is 7.92. The Bertz CT molecular complexity index is 673. The van der Waals surface area contributed by atoms with E-state index in [1.165, 1.54) is 4.90 Å². The van der Waals surface area contributed by atoms with Crippen LogP contribution in [0, 0.1) is 0 Å². The van der Waals surface area contributed by atoms with E-state index in [1.54, 1.807) is 26.2 Å². The molecule has 0 bridgehead atoms. The predicted octanol–water partition coefficient (Wildman–Crippen LogP) is 1.35. The molecule has 0 saturated heterocycles. The zero-order chi connectivity index (χ0) is 19.5. The zero-order valence-electron chi connectivity index (χ0n) is 14.9. The Balaban J connectivity index is 0.000000263. The third-order valence-electron chi connectivity index (χ3n) is 3.55. The molecule has 0 fully saturated rings. The van der Waals surface area contributed by atoms with Gasteiger partial charge in [-0.1, -0.05) is 60.7 Å². The number of benzene rings is 2. The second-order valence-corrected chi connectivity index (χ2v) is 5.98. The molecule has 0 aliphatic carbocycles. The van der Waals surface area contributed by atoms with Crippen molar-refractivity contribution in [3.05, 3.63) is 71.8 Å². The van der Waals surface area contributed by atoms with E-state index in [-0.39, 0.29) is 12.3 Å². The molecular formula is C20H25NO5. The van der Waals surface area contributed by atoms with Crippen LogP contribution in [-0.2, 0) is 22.4 Å². The zero-order valence-corrected chi connectivity index (χ0v) is 14.9. The van der Waals surface area contributed by atoms with Gasteiger partial charge in [0.2, 0.25) is 0 Å². The summed E-state index contributed by atoms with van der Waals surface area (Å²) in [6, 6.07) is 18.5. The predicted molar refractivity (Wildman–Crippen MR) is 98.6 cm³/mol. The molecule has 2 aromatic rings. The molecule has 0 radical (unpaired) electrons. The monoisotopic (exact) mass is 359 g/mol. The van der Waals surface area contributed by atoms with E-state index in [0.717, 1.165) is 11.1 Å². The number of hydrogen-bond acceptors (Lipinski definition) is 4. The molecule has 140 valence electrons. The Morgan fingerprint density at radius 1 is 0.808 bits per heavy atom. The van der Waals surface area contributed by atoms with Crippen LogP contribution in [-0.4, -0.2) is 58.4 Å². The maximum absolute atomic E-state index is 11.3. The second-order valence-electron chi connectivity index (χ2n) is 5.98. The van der Waals surface area contributed by atoms with Crippen molar-refractivity contribution in [2.45, 2.75) is 25.0 Å². The molecule has 3 N–H and O–H groups in total. The first-order chi connectivity index (χ1) is 12.3. The highest BCUT2D eigenvalue weighted by atomic mass is 16.4. The molecule has 0 aliphatic heterocycles. The van der Waals surface area contributed by atoms with Gasteiger partial charge in [-0.2, -0.15) is 0 Å². The van der Waals surface area contributed by atoms with E-state index in [4.69, 9.17) is 10.2 Å². The first-order valence-corrected chi connectivity index (χ1v) is 8.19. The summed E-state index contributed by atoms with van der Waals surface area (Å²) in [4.78, 5) is 23.0. The number of carbonyl (C=O) groups is 2. The molecule has 0 unspecified atom stereocenters. The number of hydrogen-bond donors (Lipinski definition) is 3. The molecule has 2 atom stereocenters. The van der Waals surface area contributed by atoms with Gasteiger partial charge in [0.25, 0.3) is 5.91 Å². The van der Waals surface area contributed by atoms with Gasteiger partial charge >= 0.3 is 5.97 Å². The van der Waals surface area contributed by atoms with E-state index in [9.17, 15) is 14.7 Å². The molecule has 0 saturated carbocycles. The number of carboxylic acids is 1. The Morgan fingerprint density at radius 2 is 1.19 bits per heavy atom. The largest absolute Gasteiger partial charge is 0.479 e. The number of amides is 1. The van der Waals surface area contributed by atoms with Crippen LogP contribution in [0.2, 0.25) is 0 Å². The third-order valence-corrected chi connectivity index (χ3v) is 3.55. The van der Waals surface area contributed by atoms with Crippen molar-refractivity contribution in [1.29, 1.82) is 0 Å². The van der Waals surface area contributed by atoms with Gasteiger partial charge in [-0.3, -0.25) is 4.79 Å². The van der Waals surface area contributed by atoms with E-state index >= 15 is 0 Å². The summed E-state index contributed by atoms with van der Waals surface area (Å²) in [5.74, 6) is -1.44. The van der Waals surface area contributed by atoms with Crippen LogP contribution in [0.4, 0.5) is 0 Å². The molecule has 0 aliphatic rings. The van der Waals surface area contributed by atoms with Crippen molar-refractivity contribution in [3.63, 3.8) is 0 Å². The topological polar surface area (TPSA) is 98.1 Å². The van der Waals surface area contributed by atoms with Crippen molar-refractivity contribution >= 4 is 11.9 Å². The lowest BCUT2D eigenvalue weighted by Crippen LogP contribution is -2.34. The van der Waals surface area contributed by atoms with Gasteiger partial charge in [-0.25, -0.2) is 4.79 Å². The van der Waals surface area contributed by atoms with E-state index in [2.05, 4.69) is 0 Å². The maximum Gasteiger partial charge on any atom is 0.332 e. The van der Waals surface area contributed by atoms with Gasteiger partial charge in [0, 0.05) is 26.9 Å². The van der Waals surface area contributed by atoms with Crippen LogP contribution >= 0.6 is 0 Å². The summed E-state index contributed by atoms with van der Waals surface area (Å²) >= 11 is 0. The average Bonchev–Trinajstić information content (AvgIpc) is 2.63. The van der Waals surface area contributed by atoms with Crippen LogP contribution in [0.3, 0.4) is 0 Å². The smallest absolute Gasteiger partial charge is 0.332 e. The number of carbonyl (C=O) groups excluding carboxylic acids is 1. The quantitative estimate of drug-likeness (QED) is 0.723. The fourth-order valence-electron chi connectivity index (χ4n) is 2.15. The number of rotatable bonds is 6. The van der Waals surface area contributed by atoms with E-state index in [1.807, 2.05) is 48.5 Å². The number of carboxylic acid groups (broad SMARTS) is 1. The Morgan fingerprint density at radius 3 is 1.54 bits per heavy atom. The molecule has 0 heterocycles. The molecule has 26 heavy (non-hydrogen) atoms. The van der Waals surface area contributed by atoms with Crippen LogP contribution in [0.5, 0.6) is 0 Å². The highest BCUT2D eigenvalue weighted by Gasteiger charge is 2.16. The Labute approximate surface area is 153 Å². The van der Waals surface area contributed by atoms with Crippen molar-refractivity contribution in [2.75, 3.05) is 14.1 Å². The lowest BCUT2D eigenvalue weighted by atomic mass is 10.1.